The normalized spacial score (nSPS) is 19.2. The van der Waals surface area contributed by atoms with E-state index in [1.165, 1.54) is 6.07 Å². The zero-order valence-corrected chi connectivity index (χ0v) is 17.8. The number of carbonyl (C=O) groups is 1. The molecule has 2 N–H and O–H groups in total. The highest BCUT2D eigenvalue weighted by atomic mass is 35.5. The average Bonchev–Trinajstić information content (AvgIpc) is 2.68. The highest BCUT2D eigenvalue weighted by Gasteiger charge is 2.24. The van der Waals surface area contributed by atoms with Crippen LogP contribution >= 0.6 is 24.8 Å². The van der Waals surface area contributed by atoms with Gasteiger partial charge in [-0.05, 0) is 56.0 Å². The van der Waals surface area contributed by atoms with Crippen molar-refractivity contribution in [1.82, 2.24) is 15.5 Å². The number of ether oxygens (including phenoxy) is 1. The number of morpholine rings is 1. The fraction of sp³-hybridized carbons (Fsp3) is 0.650. The van der Waals surface area contributed by atoms with E-state index in [4.69, 9.17) is 4.74 Å². The lowest BCUT2D eigenvalue weighted by atomic mass is 9.93. The molecule has 1 unspecified atom stereocenters. The van der Waals surface area contributed by atoms with Crippen LogP contribution in [0.3, 0.4) is 0 Å². The first-order valence-corrected chi connectivity index (χ1v) is 9.77. The number of benzene rings is 1. The monoisotopic (exact) mass is 435 g/mol. The van der Waals surface area contributed by atoms with Crippen LogP contribution in [0.25, 0.3) is 0 Å². The summed E-state index contributed by atoms with van der Waals surface area (Å²) in [6, 6.07) is 6.68. The fourth-order valence-corrected chi connectivity index (χ4v) is 3.87. The van der Waals surface area contributed by atoms with Crippen LogP contribution in [0, 0.1) is 11.7 Å². The third kappa shape index (κ3) is 7.84. The van der Waals surface area contributed by atoms with E-state index in [0.717, 1.165) is 51.0 Å². The molecule has 0 spiro atoms. The molecule has 8 heteroatoms. The van der Waals surface area contributed by atoms with E-state index in [2.05, 4.69) is 15.5 Å². The molecule has 2 heterocycles. The number of hydrogen-bond donors (Lipinski definition) is 2. The first-order chi connectivity index (χ1) is 12.7. The van der Waals surface area contributed by atoms with Crippen LogP contribution in [0.5, 0.6) is 0 Å². The number of nitrogens with zero attached hydrogens (tertiary/aromatic N) is 1. The van der Waals surface area contributed by atoms with Gasteiger partial charge in [0.25, 0.3) is 0 Å². The maximum atomic E-state index is 13.7. The smallest absolute Gasteiger partial charge is 0.220 e. The molecule has 2 saturated heterocycles. The number of hydrogen-bond acceptors (Lipinski definition) is 4. The van der Waals surface area contributed by atoms with Crippen LogP contribution in [-0.2, 0) is 9.53 Å². The van der Waals surface area contributed by atoms with Crippen molar-refractivity contribution in [3.05, 3.63) is 35.6 Å². The summed E-state index contributed by atoms with van der Waals surface area (Å²) in [5, 5.41) is 6.43. The molecule has 3 rings (SSSR count). The molecular weight excluding hydrogens is 404 g/mol. The van der Waals surface area contributed by atoms with Gasteiger partial charge in [0.05, 0.1) is 19.3 Å². The number of amides is 1. The quantitative estimate of drug-likeness (QED) is 0.690. The lowest BCUT2D eigenvalue weighted by Crippen LogP contribution is -2.43. The summed E-state index contributed by atoms with van der Waals surface area (Å²) in [7, 11) is 0. The van der Waals surface area contributed by atoms with Crippen molar-refractivity contribution < 1.29 is 13.9 Å². The van der Waals surface area contributed by atoms with Crippen LogP contribution in [0.4, 0.5) is 4.39 Å². The largest absolute Gasteiger partial charge is 0.379 e. The van der Waals surface area contributed by atoms with Gasteiger partial charge in [-0.25, -0.2) is 4.39 Å². The highest BCUT2D eigenvalue weighted by Crippen LogP contribution is 2.22. The first-order valence-electron chi connectivity index (χ1n) is 9.77. The average molecular weight is 436 g/mol. The van der Waals surface area contributed by atoms with E-state index in [-0.39, 0.29) is 42.6 Å². The molecule has 0 radical (unpaired) electrons. The molecular formula is C20H32Cl2FN3O2. The predicted molar refractivity (Wildman–Crippen MR) is 114 cm³/mol. The van der Waals surface area contributed by atoms with E-state index in [9.17, 15) is 9.18 Å². The second-order valence-corrected chi connectivity index (χ2v) is 7.26. The summed E-state index contributed by atoms with van der Waals surface area (Å²) >= 11 is 0. The van der Waals surface area contributed by atoms with Crippen LogP contribution in [0.2, 0.25) is 0 Å². The number of carbonyl (C=O) groups excluding carboxylic acids is 1. The van der Waals surface area contributed by atoms with Crippen molar-refractivity contribution in [3.8, 4) is 0 Å². The van der Waals surface area contributed by atoms with Crippen molar-refractivity contribution in [1.29, 1.82) is 0 Å². The van der Waals surface area contributed by atoms with E-state index < -0.39 is 0 Å². The van der Waals surface area contributed by atoms with Crippen molar-refractivity contribution in [3.63, 3.8) is 0 Å². The van der Waals surface area contributed by atoms with Crippen molar-refractivity contribution in [2.75, 3.05) is 45.9 Å². The van der Waals surface area contributed by atoms with E-state index >= 15 is 0 Å². The molecule has 0 aliphatic carbocycles. The second-order valence-electron chi connectivity index (χ2n) is 7.26. The Bertz CT molecular complexity index is 582. The minimum Gasteiger partial charge on any atom is -0.379 e. The van der Waals surface area contributed by atoms with E-state index in [0.29, 0.717) is 32.1 Å². The molecule has 2 aliphatic rings. The molecule has 0 aromatic heterocycles. The van der Waals surface area contributed by atoms with Gasteiger partial charge in [-0.3, -0.25) is 9.69 Å². The Morgan fingerprint density at radius 2 is 1.96 bits per heavy atom. The Morgan fingerprint density at radius 3 is 2.64 bits per heavy atom. The SMILES string of the molecule is Cl.Cl.O=C(CCC1CCNCC1)NCC(c1cccc(F)c1)N1CCOCC1. The minimum absolute atomic E-state index is 0. The molecule has 1 atom stereocenters. The van der Waals surface area contributed by atoms with Gasteiger partial charge in [0.1, 0.15) is 5.82 Å². The predicted octanol–water partition coefficient (Wildman–Crippen LogP) is 2.94. The summed E-state index contributed by atoms with van der Waals surface area (Å²) in [6.45, 7) is 5.58. The molecule has 1 aromatic rings. The molecule has 160 valence electrons. The number of piperidine rings is 1. The number of nitrogens with one attached hydrogen (secondary N) is 2. The second kappa shape index (κ2) is 13.3. The lowest BCUT2D eigenvalue weighted by molar-refractivity contribution is -0.121. The lowest BCUT2D eigenvalue weighted by Gasteiger charge is -2.35. The van der Waals surface area contributed by atoms with Gasteiger partial charge in [-0.2, -0.15) is 0 Å². The molecule has 2 aliphatic heterocycles. The van der Waals surface area contributed by atoms with Gasteiger partial charge < -0.3 is 15.4 Å². The first kappa shape index (κ1) is 25.1. The number of halogens is 3. The van der Waals surface area contributed by atoms with Gasteiger partial charge in [0.2, 0.25) is 5.91 Å². The zero-order chi connectivity index (χ0) is 18.2. The molecule has 1 amide bonds. The Hall–Kier alpha value is -0.920. The van der Waals surface area contributed by atoms with Gasteiger partial charge >= 0.3 is 0 Å². The third-order valence-corrected chi connectivity index (χ3v) is 5.45. The van der Waals surface area contributed by atoms with Crippen molar-refractivity contribution in [2.45, 2.75) is 31.7 Å². The summed E-state index contributed by atoms with van der Waals surface area (Å²) in [6.07, 6.45) is 3.85. The van der Waals surface area contributed by atoms with E-state index in [1.54, 1.807) is 12.1 Å². The molecule has 28 heavy (non-hydrogen) atoms. The topological polar surface area (TPSA) is 53.6 Å². The van der Waals surface area contributed by atoms with Gasteiger partial charge in [-0.1, -0.05) is 12.1 Å². The molecule has 1 aromatic carbocycles. The summed E-state index contributed by atoms with van der Waals surface area (Å²) in [5.74, 6) is 0.511. The minimum atomic E-state index is -0.238. The third-order valence-electron chi connectivity index (χ3n) is 5.45. The van der Waals surface area contributed by atoms with Crippen LogP contribution in [-0.4, -0.2) is 56.7 Å². The molecule has 2 fully saturated rings. The van der Waals surface area contributed by atoms with Gasteiger partial charge in [-0.15, -0.1) is 24.8 Å². The summed E-state index contributed by atoms with van der Waals surface area (Å²) < 4.78 is 19.1. The standard InChI is InChI=1S/C20H30FN3O2.2ClH/c21-18-3-1-2-17(14-18)19(24-10-12-26-13-11-24)15-23-20(25)5-4-16-6-8-22-9-7-16;;/h1-3,14,16,19,22H,4-13,15H2,(H,23,25);2*1H. The fourth-order valence-electron chi connectivity index (χ4n) is 3.87. The maximum Gasteiger partial charge on any atom is 0.220 e. The summed E-state index contributed by atoms with van der Waals surface area (Å²) in [5.41, 5.74) is 0.908. The Morgan fingerprint density at radius 1 is 1.25 bits per heavy atom. The zero-order valence-electron chi connectivity index (χ0n) is 16.2. The van der Waals surface area contributed by atoms with Crippen molar-refractivity contribution >= 4 is 30.7 Å². The van der Waals surface area contributed by atoms with Crippen LogP contribution in [0.15, 0.2) is 24.3 Å². The molecule has 0 saturated carbocycles. The maximum absolute atomic E-state index is 13.7. The Balaban J connectivity index is 0.00000196. The Kier molecular flexibility index (Phi) is 12.0. The van der Waals surface area contributed by atoms with Gasteiger partial charge in [0, 0.05) is 26.1 Å². The van der Waals surface area contributed by atoms with Crippen molar-refractivity contribution in [2.24, 2.45) is 5.92 Å². The number of rotatable bonds is 7. The van der Waals surface area contributed by atoms with Gasteiger partial charge in [0.15, 0.2) is 0 Å². The van der Waals surface area contributed by atoms with Crippen LogP contribution < -0.4 is 10.6 Å². The van der Waals surface area contributed by atoms with Crippen LogP contribution in [0.1, 0.15) is 37.3 Å². The highest BCUT2D eigenvalue weighted by molar-refractivity contribution is 5.85. The molecule has 0 bridgehead atoms. The van der Waals surface area contributed by atoms with E-state index in [1.807, 2.05) is 6.07 Å². The Labute approximate surface area is 179 Å². The summed E-state index contributed by atoms with van der Waals surface area (Å²) in [4.78, 5) is 14.6. The molecule has 5 nitrogen and oxygen atoms in total.